The van der Waals surface area contributed by atoms with Crippen molar-refractivity contribution in [3.63, 3.8) is 0 Å². The number of methoxy groups -OCH3 is 2. The zero-order valence-corrected chi connectivity index (χ0v) is 21.2. The van der Waals surface area contributed by atoms with Crippen molar-refractivity contribution in [3.05, 3.63) is 89.0 Å². The lowest BCUT2D eigenvalue weighted by Gasteiger charge is -2.26. The van der Waals surface area contributed by atoms with Gasteiger partial charge in [-0.05, 0) is 64.6 Å². The summed E-state index contributed by atoms with van der Waals surface area (Å²) in [7, 11) is 3.23. The Bertz CT molecular complexity index is 1350. The SMILES string of the molecule is COc1ccc(-c2c(OC)ccc(C(=O)O)c2C=C2C=C(CCN3CCOCC3)c3ccccc32)cc1. The lowest BCUT2D eigenvalue weighted by atomic mass is 9.91. The van der Waals surface area contributed by atoms with E-state index in [2.05, 4.69) is 29.2 Å². The van der Waals surface area contributed by atoms with Crippen molar-refractivity contribution in [1.82, 2.24) is 4.90 Å². The first kappa shape index (κ1) is 24.8. The Morgan fingerprint density at radius 2 is 1.70 bits per heavy atom. The molecular formula is C31H31NO5. The number of allylic oxidation sites excluding steroid dienone is 2. The maximum Gasteiger partial charge on any atom is 0.336 e. The van der Waals surface area contributed by atoms with Gasteiger partial charge in [0.15, 0.2) is 0 Å². The molecule has 3 aromatic carbocycles. The van der Waals surface area contributed by atoms with Crippen LogP contribution in [0, 0.1) is 0 Å². The summed E-state index contributed by atoms with van der Waals surface area (Å²) >= 11 is 0. The van der Waals surface area contributed by atoms with Crippen LogP contribution in [0.3, 0.4) is 0 Å². The molecule has 1 aliphatic heterocycles. The number of rotatable bonds is 8. The fourth-order valence-electron chi connectivity index (χ4n) is 5.10. The minimum absolute atomic E-state index is 0.228. The van der Waals surface area contributed by atoms with Gasteiger partial charge in [0.1, 0.15) is 11.5 Å². The van der Waals surface area contributed by atoms with E-state index in [0.29, 0.717) is 11.3 Å². The number of aromatic carboxylic acids is 1. The summed E-state index contributed by atoms with van der Waals surface area (Å²) in [6.45, 7) is 4.43. The van der Waals surface area contributed by atoms with E-state index in [4.69, 9.17) is 14.2 Å². The molecule has 0 radical (unpaired) electrons. The summed E-state index contributed by atoms with van der Waals surface area (Å²) < 4.78 is 16.5. The van der Waals surface area contributed by atoms with E-state index in [1.54, 1.807) is 26.4 Å². The van der Waals surface area contributed by atoms with Gasteiger partial charge in [0.05, 0.1) is 33.0 Å². The second-order valence-electron chi connectivity index (χ2n) is 9.16. The smallest absolute Gasteiger partial charge is 0.336 e. The lowest BCUT2D eigenvalue weighted by molar-refractivity contribution is 0.0390. The van der Waals surface area contributed by atoms with Crippen LogP contribution >= 0.6 is 0 Å². The number of morpholine rings is 1. The van der Waals surface area contributed by atoms with Crippen molar-refractivity contribution in [2.45, 2.75) is 6.42 Å². The summed E-state index contributed by atoms with van der Waals surface area (Å²) in [5, 5.41) is 10.1. The molecule has 1 aliphatic carbocycles. The molecule has 190 valence electrons. The number of hydrogen-bond donors (Lipinski definition) is 1. The molecule has 1 heterocycles. The van der Waals surface area contributed by atoms with Gasteiger partial charge in [-0.25, -0.2) is 4.79 Å². The molecule has 0 atom stereocenters. The number of carboxylic acids is 1. The highest BCUT2D eigenvalue weighted by Crippen LogP contribution is 2.42. The molecule has 0 saturated carbocycles. The van der Waals surface area contributed by atoms with E-state index in [0.717, 1.165) is 67.3 Å². The van der Waals surface area contributed by atoms with Gasteiger partial charge in [0.2, 0.25) is 0 Å². The first-order chi connectivity index (χ1) is 18.1. The van der Waals surface area contributed by atoms with Crippen LogP contribution in [-0.4, -0.2) is 63.0 Å². The molecule has 0 amide bonds. The zero-order valence-electron chi connectivity index (χ0n) is 21.2. The zero-order chi connectivity index (χ0) is 25.8. The Kier molecular flexibility index (Phi) is 7.40. The Morgan fingerprint density at radius 1 is 0.973 bits per heavy atom. The highest BCUT2D eigenvalue weighted by Gasteiger charge is 2.23. The van der Waals surface area contributed by atoms with E-state index in [1.807, 2.05) is 36.4 Å². The third-order valence-electron chi connectivity index (χ3n) is 7.05. The van der Waals surface area contributed by atoms with Crippen molar-refractivity contribution < 1.29 is 24.1 Å². The predicted molar refractivity (Wildman–Crippen MR) is 146 cm³/mol. The van der Waals surface area contributed by atoms with Crippen molar-refractivity contribution in [2.24, 2.45) is 0 Å². The topological polar surface area (TPSA) is 68.2 Å². The minimum atomic E-state index is -0.980. The number of hydrogen-bond acceptors (Lipinski definition) is 5. The van der Waals surface area contributed by atoms with Gasteiger partial charge in [-0.1, -0.05) is 42.5 Å². The van der Waals surface area contributed by atoms with E-state index < -0.39 is 5.97 Å². The molecule has 37 heavy (non-hydrogen) atoms. The second-order valence-corrected chi connectivity index (χ2v) is 9.16. The summed E-state index contributed by atoms with van der Waals surface area (Å²) in [5.41, 5.74) is 7.02. The highest BCUT2D eigenvalue weighted by atomic mass is 16.5. The fraction of sp³-hybridized carbons (Fsp3) is 0.258. The van der Waals surface area contributed by atoms with Gasteiger partial charge in [-0.3, -0.25) is 4.90 Å². The third-order valence-corrected chi connectivity index (χ3v) is 7.05. The van der Waals surface area contributed by atoms with Gasteiger partial charge >= 0.3 is 5.97 Å². The summed E-state index contributed by atoms with van der Waals surface area (Å²) in [6.07, 6.45) is 5.11. The molecular weight excluding hydrogens is 466 g/mol. The van der Waals surface area contributed by atoms with Gasteiger partial charge in [-0.2, -0.15) is 0 Å². The number of benzene rings is 3. The predicted octanol–water partition coefficient (Wildman–Crippen LogP) is 5.73. The maximum absolute atomic E-state index is 12.3. The molecule has 5 rings (SSSR count). The number of nitrogens with zero attached hydrogens (tertiary/aromatic N) is 1. The minimum Gasteiger partial charge on any atom is -0.497 e. The second kappa shape index (κ2) is 11.0. The number of fused-ring (bicyclic) bond motifs is 1. The summed E-state index contributed by atoms with van der Waals surface area (Å²) in [4.78, 5) is 14.8. The quantitative estimate of drug-likeness (QED) is 0.429. The normalized spacial score (nSPS) is 16.4. The molecule has 3 aromatic rings. The van der Waals surface area contributed by atoms with Crippen LogP contribution in [0.1, 0.15) is 33.5 Å². The van der Waals surface area contributed by atoms with E-state index in [9.17, 15) is 9.90 Å². The molecule has 2 aliphatic rings. The van der Waals surface area contributed by atoms with Gasteiger partial charge in [-0.15, -0.1) is 0 Å². The first-order valence-electron chi connectivity index (χ1n) is 12.5. The average Bonchev–Trinajstić information content (AvgIpc) is 3.29. The standard InChI is InChI=1S/C31H31NO5/c1-35-24-9-7-21(8-10-24)30-28(27(31(33)34)11-12-29(30)36-2)20-23-19-22(25-5-3-4-6-26(23)25)13-14-32-15-17-37-18-16-32/h3-12,19-20H,13-18H2,1-2H3,(H,33,34). The summed E-state index contributed by atoms with van der Waals surface area (Å²) in [6, 6.07) is 19.3. The van der Waals surface area contributed by atoms with Crippen molar-refractivity contribution in [3.8, 4) is 22.6 Å². The fourth-order valence-corrected chi connectivity index (χ4v) is 5.10. The van der Waals surface area contributed by atoms with Crippen molar-refractivity contribution in [1.29, 1.82) is 0 Å². The van der Waals surface area contributed by atoms with Gasteiger partial charge < -0.3 is 19.3 Å². The Balaban J connectivity index is 1.61. The largest absolute Gasteiger partial charge is 0.497 e. The van der Waals surface area contributed by atoms with Gasteiger partial charge in [0, 0.05) is 30.8 Å². The molecule has 0 aromatic heterocycles. The van der Waals surface area contributed by atoms with Crippen LogP contribution in [-0.2, 0) is 4.74 Å². The third kappa shape index (κ3) is 5.17. The van der Waals surface area contributed by atoms with Crippen LogP contribution in [0.2, 0.25) is 0 Å². The van der Waals surface area contributed by atoms with E-state index >= 15 is 0 Å². The molecule has 6 nitrogen and oxygen atoms in total. The van der Waals surface area contributed by atoms with Crippen LogP contribution in [0.25, 0.3) is 28.3 Å². The molecule has 6 heteroatoms. The molecule has 0 spiro atoms. The Labute approximate surface area is 217 Å². The molecule has 1 saturated heterocycles. The average molecular weight is 498 g/mol. The van der Waals surface area contributed by atoms with Crippen molar-refractivity contribution in [2.75, 3.05) is 47.1 Å². The van der Waals surface area contributed by atoms with Crippen LogP contribution in [0.5, 0.6) is 11.5 Å². The lowest BCUT2D eigenvalue weighted by Crippen LogP contribution is -2.36. The van der Waals surface area contributed by atoms with Crippen LogP contribution < -0.4 is 9.47 Å². The number of carbonyl (C=O) groups is 1. The number of ether oxygens (including phenoxy) is 3. The van der Waals surface area contributed by atoms with Gasteiger partial charge in [0.25, 0.3) is 0 Å². The molecule has 1 N–H and O–H groups in total. The van der Waals surface area contributed by atoms with Crippen LogP contribution in [0.15, 0.2) is 66.7 Å². The maximum atomic E-state index is 12.3. The summed E-state index contributed by atoms with van der Waals surface area (Å²) in [5.74, 6) is 0.367. The molecule has 1 fully saturated rings. The van der Waals surface area contributed by atoms with E-state index in [-0.39, 0.29) is 5.56 Å². The highest BCUT2D eigenvalue weighted by molar-refractivity contribution is 6.06. The molecule has 0 bridgehead atoms. The Morgan fingerprint density at radius 3 is 2.38 bits per heavy atom. The van der Waals surface area contributed by atoms with Crippen LogP contribution in [0.4, 0.5) is 0 Å². The Hall–Kier alpha value is -3.87. The monoisotopic (exact) mass is 497 g/mol. The molecule has 0 unspecified atom stereocenters. The van der Waals surface area contributed by atoms with Crippen molar-refractivity contribution >= 4 is 23.2 Å². The first-order valence-corrected chi connectivity index (χ1v) is 12.5. The van der Waals surface area contributed by atoms with E-state index in [1.165, 1.54) is 11.1 Å². The number of carboxylic acid groups (broad SMARTS) is 1.